The molecule has 0 aliphatic rings. The lowest BCUT2D eigenvalue weighted by Crippen LogP contribution is -2.50. The number of benzene rings is 2. The highest BCUT2D eigenvalue weighted by atomic mass is 32.1. The first kappa shape index (κ1) is 20.3. The van der Waals surface area contributed by atoms with Crippen molar-refractivity contribution in [3.63, 3.8) is 0 Å². The fourth-order valence-electron chi connectivity index (χ4n) is 2.65. The molecular weight excluding hydrogens is 390 g/mol. The van der Waals surface area contributed by atoms with Crippen molar-refractivity contribution in [1.29, 1.82) is 0 Å². The van der Waals surface area contributed by atoms with Crippen molar-refractivity contribution in [2.24, 2.45) is 0 Å². The monoisotopic (exact) mass is 411 g/mol. The maximum atomic E-state index is 12.2. The van der Waals surface area contributed by atoms with Crippen LogP contribution in [0.4, 0.5) is 0 Å². The van der Waals surface area contributed by atoms with Crippen LogP contribution in [0.1, 0.15) is 16.6 Å². The number of nitrogens with zero attached hydrogens (tertiary/aromatic N) is 1. The molecule has 3 amide bonds. The molecule has 1 unspecified atom stereocenters. The van der Waals surface area contributed by atoms with Crippen LogP contribution < -0.4 is 15.6 Å². The van der Waals surface area contributed by atoms with Gasteiger partial charge in [-0.15, -0.1) is 11.3 Å². The van der Waals surface area contributed by atoms with E-state index in [2.05, 4.69) is 10.9 Å². The summed E-state index contributed by atoms with van der Waals surface area (Å²) in [6.07, 6.45) is -0.818. The maximum Gasteiger partial charge on any atom is 0.279 e. The number of carbonyl (C=O) groups excluding carboxylic acids is 3. The van der Waals surface area contributed by atoms with Gasteiger partial charge >= 0.3 is 0 Å². The van der Waals surface area contributed by atoms with E-state index in [4.69, 9.17) is 4.74 Å². The summed E-state index contributed by atoms with van der Waals surface area (Å²) in [6, 6.07) is 16.8. The fraction of sp³-hybridized carbons (Fsp3) is 0.190. The van der Waals surface area contributed by atoms with Crippen molar-refractivity contribution in [3.05, 3.63) is 64.9 Å². The van der Waals surface area contributed by atoms with Crippen molar-refractivity contribution in [2.45, 2.75) is 13.0 Å². The van der Waals surface area contributed by atoms with E-state index in [1.165, 1.54) is 23.3 Å². The van der Waals surface area contributed by atoms with E-state index < -0.39 is 17.9 Å². The van der Waals surface area contributed by atoms with Gasteiger partial charge in [0.25, 0.3) is 17.7 Å². The molecule has 8 heteroatoms. The number of ether oxygens (including phenoxy) is 1. The first-order chi connectivity index (χ1) is 13.9. The van der Waals surface area contributed by atoms with Crippen LogP contribution in [-0.4, -0.2) is 42.3 Å². The number of amides is 3. The Kier molecular flexibility index (Phi) is 6.46. The summed E-state index contributed by atoms with van der Waals surface area (Å²) in [5.74, 6) is -0.712. The topological polar surface area (TPSA) is 87.7 Å². The van der Waals surface area contributed by atoms with Crippen LogP contribution >= 0.6 is 11.3 Å². The predicted octanol–water partition coefficient (Wildman–Crippen LogP) is 2.59. The van der Waals surface area contributed by atoms with Gasteiger partial charge in [0.15, 0.2) is 6.10 Å². The second-order valence-corrected chi connectivity index (χ2v) is 7.39. The average molecular weight is 411 g/mol. The number of fused-ring (bicyclic) bond motifs is 1. The Balaban J connectivity index is 1.47. The Hall–Kier alpha value is -3.39. The number of rotatable bonds is 6. The Labute approximate surface area is 172 Å². The average Bonchev–Trinajstić information content (AvgIpc) is 3.26. The number of carbonyl (C=O) groups is 3. The van der Waals surface area contributed by atoms with Crippen molar-refractivity contribution in [2.75, 3.05) is 13.6 Å². The Morgan fingerprint density at radius 1 is 1.03 bits per heavy atom. The van der Waals surface area contributed by atoms with Crippen molar-refractivity contribution in [1.82, 2.24) is 15.8 Å². The van der Waals surface area contributed by atoms with Crippen molar-refractivity contribution >= 4 is 39.8 Å². The van der Waals surface area contributed by atoms with Crippen LogP contribution in [0.5, 0.6) is 5.75 Å². The molecule has 1 heterocycles. The zero-order valence-electron chi connectivity index (χ0n) is 16.0. The second-order valence-electron chi connectivity index (χ2n) is 6.44. The third-order valence-corrected chi connectivity index (χ3v) is 5.05. The van der Waals surface area contributed by atoms with Crippen LogP contribution in [0.25, 0.3) is 10.8 Å². The van der Waals surface area contributed by atoms with Gasteiger partial charge in [0.05, 0.1) is 4.88 Å². The quantitative estimate of drug-likeness (QED) is 0.611. The van der Waals surface area contributed by atoms with Gasteiger partial charge in [0.1, 0.15) is 12.3 Å². The third kappa shape index (κ3) is 5.32. The maximum absolute atomic E-state index is 12.2. The lowest BCUT2D eigenvalue weighted by Gasteiger charge is -2.18. The summed E-state index contributed by atoms with van der Waals surface area (Å²) < 4.78 is 5.66. The molecular formula is C21H21N3O4S. The fourth-order valence-corrected chi connectivity index (χ4v) is 3.36. The number of hydrazine groups is 1. The molecule has 0 bridgehead atoms. The van der Waals surface area contributed by atoms with Crippen LogP contribution in [0.15, 0.2) is 60.0 Å². The van der Waals surface area contributed by atoms with Gasteiger partial charge in [-0.05, 0) is 41.3 Å². The minimum absolute atomic E-state index is 0.184. The molecule has 1 atom stereocenters. The smallest absolute Gasteiger partial charge is 0.279 e. The lowest BCUT2D eigenvalue weighted by molar-refractivity contribution is -0.132. The number of hydrogen-bond donors (Lipinski definition) is 2. The first-order valence-corrected chi connectivity index (χ1v) is 9.85. The zero-order valence-corrected chi connectivity index (χ0v) is 16.9. The summed E-state index contributed by atoms with van der Waals surface area (Å²) in [4.78, 5) is 38.2. The van der Waals surface area contributed by atoms with E-state index in [1.54, 1.807) is 30.5 Å². The molecule has 3 rings (SSSR count). The van der Waals surface area contributed by atoms with Gasteiger partial charge in [-0.1, -0.05) is 36.4 Å². The molecule has 0 saturated heterocycles. The normalized spacial score (nSPS) is 11.5. The van der Waals surface area contributed by atoms with Crippen molar-refractivity contribution in [3.8, 4) is 5.75 Å². The largest absolute Gasteiger partial charge is 0.481 e. The van der Waals surface area contributed by atoms with E-state index in [1.807, 2.05) is 36.4 Å². The molecule has 1 aromatic heterocycles. The molecule has 0 saturated carbocycles. The van der Waals surface area contributed by atoms with Gasteiger partial charge in [0, 0.05) is 7.05 Å². The molecule has 3 aromatic rings. The lowest BCUT2D eigenvalue weighted by atomic mass is 10.1. The van der Waals surface area contributed by atoms with Crippen molar-refractivity contribution < 1.29 is 19.1 Å². The summed E-state index contributed by atoms with van der Waals surface area (Å²) in [7, 11) is 1.52. The molecule has 0 radical (unpaired) electrons. The molecule has 0 aliphatic heterocycles. The zero-order chi connectivity index (χ0) is 20.8. The van der Waals surface area contributed by atoms with E-state index in [0.717, 1.165) is 10.8 Å². The number of likely N-dealkylation sites (N-methyl/N-ethyl adjacent to an activating group) is 1. The van der Waals surface area contributed by atoms with E-state index >= 15 is 0 Å². The molecule has 0 spiro atoms. The summed E-state index contributed by atoms with van der Waals surface area (Å²) in [5.41, 5.74) is 4.62. The molecule has 7 nitrogen and oxygen atoms in total. The van der Waals surface area contributed by atoms with Gasteiger partial charge in [-0.2, -0.15) is 0 Å². The molecule has 2 N–H and O–H groups in total. The highest BCUT2D eigenvalue weighted by molar-refractivity contribution is 7.12. The summed E-state index contributed by atoms with van der Waals surface area (Å²) in [5, 5.41) is 3.87. The molecule has 0 aliphatic carbocycles. The molecule has 2 aromatic carbocycles. The first-order valence-electron chi connectivity index (χ1n) is 8.97. The standard InChI is InChI=1S/C21H21N3O4S/c1-14(28-17-10-9-15-6-3-4-7-16(15)12-17)20(26)23-22-19(25)13-24(2)21(27)18-8-5-11-29-18/h3-12,14H,13H2,1-2H3,(H,22,25)(H,23,26). The Bertz CT molecular complexity index is 1020. The summed E-state index contributed by atoms with van der Waals surface area (Å²) in [6.45, 7) is 1.40. The van der Waals surface area contributed by atoms with Crippen LogP contribution in [0.3, 0.4) is 0 Å². The summed E-state index contributed by atoms with van der Waals surface area (Å²) >= 11 is 1.30. The third-order valence-electron chi connectivity index (χ3n) is 4.19. The van der Waals surface area contributed by atoms with E-state index in [9.17, 15) is 14.4 Å². The Morgan fingerprint density at radius 2 is 1.79 bits per heavy atom. The van der Waals surface area contributed by atoms with Crippen LogP contribution in [0.2, 0.25) is 0 Å². The van der Waals surface area contributed by atoms with Gasteiger partial charge in [-0.25, -0.2) is 0 Å². The highest BCUT2D eigenvalue weighted by Crippen LogP contribution is 2.21. The number of thiophene rings is 1. The number of nitrogens with one attached hydrogen (secondary N) is 2. The minimum Gasteiger partial charge on any atom is -0.481 e. The van der Waals surface area contributed by atoms with Gasteiger partial charge in [-0.3, -0.25) is 25.2 Å². The van der Waals surface area contributed by atoms with Crippen LogP contribution in [0, 0.1) is 0 Å². The van der Waals surface area contributed by atoms with Gasteiger partial charge in [0.2, 0.25) is 0 Å². The molecule has 150 valence electrons. The number of hydrogen-bond acceptors (Lipinski definition) is 5. The SMILES string of the molecule is CC(Oc1ccc2ccccc2c1)C(=O)NNC(=O)CN(C)C(=O)c1cccs1. The minimum atomic E-state index is -0.818. The molecule has 29 heavy (non-hydrogen) atoms. The predicted molar refractivity (Wildman–Crippen MR) is 112 cm³/mol. The van der Waals surface area contributed by atoms with E-state index in [-0.39, 0.29) is 12.5 Å². The Morgan fingerprint density at radius 3 is 2.52 bits per heavy atom. The van der Waals surface area contributed by atoms with Crippen LogP contribution in [-0.2, 0) is 9.59 Å². The van der Waals surface area contributed by atoms with Gasteiger partial charge < -0.3 is 9.64 Å². The van der Waals surface area contributed by atoms with E-state index in [0.29, 0.717) is 10.6 Å². The highest BCUT2D eigenvalue weighted by Gasteiger charge is 2.18. The second kappa shape index (κ2) is 9.20. The molecule has 0 fully saturated rings.